The quantitative estimate of drug-likeness (QED) is 0.309. The van der Waals surface area contributed by atoms with Crippen LogP contribution in [0.5, 0.6) is 0 Å². The average molecular weight is 552 g/mol. The Morgan fingerprint density at radius 3 is 2.80 bits per heavy atom. The van der Waals surface area contributed by atoms with E-state index in [-0.39, 0.29) is 49.6 Å². The highest BCUT2D eigenvalue weighted by molar-refractivity contribution is 5.94. The lowest BCUT2D eigenvalue weighted by Gasteiger charge is -2.31. The van der Waals surface area contributed by atoms with Crippen molar-refractivity contribution < 1.29 is 33.7 Å². The highest BCUT2D eigenvalue weighted by atomic mass is 19.1. The number of carbonyl (C=O) groups is 2. The number of fused-ring (bicyclic) bond motifs is 5. The molecule has 0 bridgehead atoms. The number of carbonyl (C=O) groups excluding carboxylic acids is 2. The van der Waals surface area contributed by atoms with Crippen molar-refractivity contribution in [3.05, 3.63) is 61.7 Å². The Balaban J connectivity index is 1.58. The first-order valence-electron chi connectivity index (χ1n) is 13.4. The number of amides is 1. The van der Waals surface area contributed by atoms with Gasteiger partial charge in [-0.25, -0.2) is 14.2 Å². The number of benzene rings is 1. The molecule has 0 unspecified atom stereocenters. The summed E-state index contributed by atoms with van der Waals surface area (Å²) in [6.07, 6.45) is 0.307. The minimum Gasteiger partial charge on any atom is -0.458 e. The fraction of sp³-hybridized carbons (Fsp3) is 0.448. The van der Waals surface area contributed by atoms with Gasteiger partial charge in [0.1, 0.15) is 18.5 Å². The molecule has 3 atom stereocenters. The molecule has 1 amide bonds. The summed E-state index contributed by atoms with van der Waals surface area (Å²) in [6.45, 7) is 3.05. The average Bonchev–Trinajstić information content (AvgIpc) is 3.31. The van der Waals surface area contributed by atoms with Gasteiger partial charge in [0.05, 0.1) is 35.1 Å². The van der Waals surface area contributed by atoms with Gasteiger partial charge in [-0.15, -0.1) is 0 Å². The Bertz CT molecular complexity index is 1670. The molecule has 3 aliphatic rings. The first-order valence-corrected chi connectivity index (χ1v) is 13.4. The summed E-state index contributed by atoms with van der Waals surface area (Å²) >= 11 is 0. The third kappa shape index (κ3) is 3.64. The number of aryl methyl sites for hydroxylation is 1. The Morgan fingerprint density at radius 2 is 2.10 bits per heavy atom. The van der Waals surface area contributed by atoms with E-state index in [1.807, 2.05) is 0 Å². The summed E-state index contributed by atoms with van der Waals surface area (Å²) in [5.41, 5.74) is 2.08. The van der Waals surface area contributed by atoms with Crippen LogP contribution in [0.3, 0.4) is 0 Å². The number of hydrogen-bond acceptors (Lipinski definition) is 8. The smallest absolute Gasteiger partial charge is 0.343 e. The summed E-state index contributed by atoms with van der Waals surface area (Å²) < 4.78 is 27.0. The van der Waals surface area contributed by atoms with Crippen molar-refractivity contribution in [2.45, 2.75) is 70.4 Å². The van der Waals surface area contributed by atoms with Crippen molar-refractivity contribution in [1.82, 2.24) is 14.9 Å². The number of nitrogens with zero attached hydrogens (tertiary/aromatic N) is 2. The second kappa shape index (κ2) is 9.46. The normalized spacial score (nSPS) is 21.4. The Morgan fingerprint density at radius 1 is 1.32 bits per heavy atom. The second-order valence-electron chi connectivity index (χ2n) is 10.6. The number of aliphatic hydroxyl groups excluding tert-OH is 1. The van der Waals surface area contributed by atoms with Crippen LogP contribution in [-0.4, -0.2) is 51.5 Å². The molecule has 1 aromatic carbocycles. The molecular weight excluding hydrogens is 521 g/mol. The van der Waals surface area contributed by atoms with Crippen LogP contribution in [0, 0.1) is 12.7 Å². The minimum absolute atomic E-state index is 0.0153. The van der Waals surface area contributed by atoms with Gasteiger partial charge in [-0.2, -0.15) is 0 Å². The molecule has 2 aromatic heterocycles. The summed E-state index contributed by atoms with van der Waals surface area (Å²) in [5.74, 6) is -1.59. The van der Waals surface area contributed by atoms with Crippen LogP contribution in [-0.2, 0) is 44.2 Å². The molecular formula is C29H30FN3O7. The van der Waals surface area contributed by atoms with E-state index in [4.69, 9.17) is 14.5 Å². The molecule has 10 nitrogen and oxygen atoms in total. The molecule has 6 rings (SSSR count). The number of hydrogen-bond donors (Lipinski definition) is 3. The van der Waals surface area contributed by atoms with Crippen molar-refractivity contribution in [1.29, 1.82) is 0 Å². The summed E-state index contributed by atoms with van der Waals surface area (Å²) in [7, 11) is 1.40. The molecule has 210 valence electrons. The molecule has 3 aromatic rings. The van der Waals surface area contributed by atoms with E-state index in [2.05, 4.69) is 5.32 Å². The van der Waals surface area contributed by atoms with E-state index in [1.54, 1.807) is 19.9 Å². The number of halogens is 1. The van der Waals surface area contributed by atoms with Crippen molar-refractivity contribution in [2.24, 2.45) is 0 Å². The zero-order chi connectivity index (χ0) is 28.5. The number of nitrogens with one attached hydrogen (secondary N) is 1. The van der Waals surface area contributed by atoms with Crippen molar-refractivity contribution in [2.75, 3.05) is 13.7 Å². The van der Waals surface area contributed by atoms with Crippen molar-refractivity contribution in [3.63, 3.8) is 0 Å². The van der Waals surface area contributed by atoms with E-state index in [9.17, 15) is 24.6 Å². The van der Waals surface area contributed by atoms with E-state index in [1.165, 1.54) is 17.7 Å². The summed E-state index contributed by atoms with van der Waals surface area (Å²) in [6, 6.07) is 2.50. The highest BCUT2D eigenvalue weighted by Crippen LogP contribution is 2.46. The van der Waals surface area contributed by atoms with Gasteiger partial charge in [-0.3, -0.25) is 9.59 Å². The molecule has 11 heteroatoms. The van der Waals surface area contributed by atoms with Crippen LogP contribution in [0.1, 0.15) is 65.6 Å². The number of ether oxygens (including phenoxy) is 2. The predicted octanol–water partition coefficient (Wildman–Crippen LogP) is 2.03. The van der Waals surface area contributed by atoms with Gasteiger partial charge in [0.15, 0.2) is 5.60 Å². The standard InChI is InChI=1S/C29H30FN3O7/c1-4-29(38)17-9-21-25-15(11-33(21)27(36)16(17)12-40-28(29)37)24-19(32-26(35)22(39-3)7-8-34)6-5-14-13(2)18(30)10-20(31-25)23(14)24/h9-10,19,22,34,38H,4-8,11-12H2,1-3H3,(H,32,35)/t19-,22+,29-/m0/s1. The molecule has 0 radical (unpaired) electrons. The molecule has 4 heterocycles. The molecule has 0 saturated carbocycles. The van der Waals surface area contributed by atoms with Crippen LogP contribution in [0.4, 0.5) is 4.39 Å². The van der Waals surface area contributed by atoms with E-state index in [0.29, 0.717) is 40.9 Å². The third-order valence-corrected chi connectivity index (χ3v) is 8.66. The predicted molar refractivity (Wildman–Crippen MR) is 141 cm³/mol. The summed E-state index contributed by atoms with van der Waals surface area (Å²) in [5, 5.41) is 24.3. The molecule has 0 saturated heterocycles. The topological polar surface area (TPSA) is 140 Å². The van der Waals surface area contributed by atoms with E-state index >= 15 is 4.39 Å². The molecule has 40 heavy (non-hydrogen) atoms. The summed E-state index contributed by atoms with van der Waals surface area (Å²) in [4.78, 5) is 44.1. The lowest BCUT2D eigenvalue weighted by Crippen LogP contribution is -2.44. The first-order chi connectivity index (χ1) is 19.1. The van der Waals surface area contributed by atoms with Gasteiger partial charge < -0.3 is 29.6 Å². The monoisotopic (exact) mass is 551 g/mol. The Hall–Kier alpha value is -3.67. The number of pyridine rings is 2. The lowest BCUT2D eigenvalue weighted by molar-refractivity contribution is -0.172. The van der Waals surface area contributed by atoms with E-state index in [0.717, 1.165) is 16.5 Å². The Labute approximate surface area is 228 Å². The number of cyclic esters (lactones) is 1. The van der Waals surface area contributed by atoms with Gasteiger partial charge >= 0.3 is 5.97 Å². The van der Waals surface area contributed by atoms with Crippen LogP contribution in [0.2, 0.25) is 0 Å². The van der Waals surface area contributed by atoms with Crippen molar-refractivity contribution >= 4 is 22.8 Å². The van der Waals surface area contributed by atoms with E-state index < -0.39 is 35.1 Å². The fourth-order valence-electron chi connectivity index (χ4n) is 6.44. The molecule has 3 N–H and O–H groups in total. The first kappa shape index (κ1) is 26.5. The minimum atomic E-state index is -1.97. The molecule has 0 fully saturated rings. The number of aromatic nitrogens is 2. The van der Waals surface area contributed by atoms with Crippen LogP contribution < -0.4 is 10.9 Å². The zero-order valence-electron chi connectivity index (χ0n) is 22.5. The second-order valence-corrected chi connectivity index (χ2v) is 10.6. The Kier molecular flexibility index (Phi) is 6.28. The van der Waals surface area contributed by atoms with Gasteiger partial charge in [-0.1, -0.05) is 6.92 Å². The third-order valence-electron chi connectivity index (χ3n) is 8.66. The number of aliphatic hydroxyl groups is 2. The number of esters is 1. The van der Waals surface area contributed by atoms with Crippen LogP contribution in [0.25, 0.3) is 22.3 Å². The van der Waals surface area contributed by atoms with Gasteiger partial charge in [0.2, 0.25) is 5.91 Å². The maximum Gasteiger partial charge on any atom is 0.343 e. The zero-order valence-corrected chi connectivity index (χ0v) is 22.5. The maximum atomic E-state index is 15.0. The number of methoxy groups -OCH3 is 1. The lowest BCUT2D eigenvalue weighted by atomic mass is 9.81. The molecule has 2 aliphatic heterocycles. The maximum absolute atomic E-state index is 15.0. The van der Waals surface area contributed by atoms with Gasteiger partial charge in [0, 0.05) is 42.7 Å². The molecule has 0 spiro atoms. The van der Waals surface area contributed by atoms with Crippen molar-refractivity contribution in [3.8, 4) is 11.4 Å². The van der Waals surface area contributed by atoms with Crippen LogP contribution >= 0.6 is 0 Å². The van der Waals surface area contributed by atoms with Gasteiger partial charge in [0.25, 0.3) is 5.56 Å². The highest BCUT2D eigenvalue weighted by Gasteiger charge is 2.46. The molecule has 1 aliphatic carbocycles. The van der Waals surface area contributed by atoms with Crippen LogP contribution in [0.15, 0.2) is 16.9 Å². The largest absolute Gasteiger partial charge is 0.458 e. The van der Waals surface area contributed by atoms with Gasteiger partial charge in [-0.05, 0) is 48.9 Å². The fourth-order valence-corrected chi connectivity index (χ4v) is 6.44. The SMILES string of the molecule is CC[C@@]1(O)C(=O)OCc2c1cc1n(c2=O)Cc2c-1nc1cc(F)c(C)c3c1c2[C@@H](NC(=O)[C@@H](CCO)OC)CC3. The number of rotatable bonds is 6.